The van der Waals surface area contributed by atoms with Crippen LogP contribution in [0.3, 0.4) is 0 Å². The van der Waals surface area contributed by atoms with Gasteiger partial charge in [-0.15, -0.1) is 0 Å². The van der Waals surface area contributed by atoms with Crippen molar-refractivity contribution in [3.8, 4) is 0 Å². The van der Waals surface area contributed by atoms with Crippen molar-refractivity contribution >= 4 is 11.9 Å². The summed E-state index contributed by atoms with van der Waals surface area (Å²) < 4.78 is 0. The molecule has 0 bridgehead atoms. The molecule has 0 aromatic heterocycles. The summed E-state index contributed by atoms with van der Waals surface area (Å²) in [6.45, 7) is 1.92. The van der Waals surface area contributed by atoms with Gasteiger partial charge in [0.05, 0.1) is 0 Å². The number of likely N-dealkylation sites (tertiary alicyclic amines) is 1. The molecule has 3 amide bonds. The first-order valence-corrected chi connectivity index (χ1v) is 8.03. The maximum absolute atomic E-state index is 12.0. The molecule has 1 aliphatic heterocycles. The van der Waals surface area contributed by atoms with E-state index in [-0.39, 0.29) is 17.9 Å². The van der Waals surface area contributed by atoms with Crippen molar-refractivity contribution in [3.63, 3.8) is 0 Å². The van der Waals surface area contributed by atoms with Crippen LogP contribution < -0.4 is 11.1 Å². The van der Waals surface area contributed by atoms with Crippen molar-refractivity contribution in [2.45, 2.75) is 32.1 Å². The Bertz CT molecular complexity index is 482. The van der Waals surface area contributed by atoms with Gasteiger partial charge in [-0.2, -0.15) is 0 Å². The van der Waals surface area contributed by atoms with Crippen LogP contribution in [0.15, 0.2) is 30.3 Å². The highest BCUT2D eigenvalue weighted by Gasteiger charge is 2.25. The lowest BCUT2D eigenvalue weighted by atomic mass is 9.96. The molecule has 120 valence electrons. The zero-order chi connectivity index (χ0) is 15.8. The van der Waals surface area contributed by atoms with Crippen LogP contribution in [0.1, 0.15) is 31.2 Å². The number of benzene rings is 1. The van der Waals surface area contributed by atoms with Gasteiger partial charge in [0.15, 0.2) is 0 Å². The van der Waals surface area contributed by atoms with E-state index in [0.29, 0.717) is 32.5 Å². The molecule has 5 nitrogen and oxygen atoms in total. The highest BCUT2D eigenvalue weighted by atomic mass is 16.2. The number of nitrogens with zero attached hydrogens (tertiary/aromatic N) is 1. The second kappa shape index (κ2) is 8.41. The molecule has 0 radical (unpaired) electrons. The number of carbonyl (C=O) groups excluding carboxylic acids is 2. The van der Waals surface area contributed by atoms with E-state index in [2.05, 4.69) is 17.4 Å². The number of nitrogens with two attached hydrogens (primary N) is 1. The molecule has 3 N–H and O–H groups in total. The Balaban J connectivity index is 1.57. The van der Waals surface area contributed by atoms with Crippen LogP contribution in [0.25, 0.3) is 0 Å². The van der Waals surface area contributed by atoms with Crippen LogP contribution in [0.5, 0.6) is 0 Å². The first-order chi connectivity index (χ1) is 10.7. The van der Waals surface area contributed by atoms with Gasteiger partial charge in [0.1, 0.15) is 0 Å². The number of piperidine rings is 1. The van der Waals surface area contributed by atoms with Gasteiger partial charge < -0.3 is 16.0 Å². The highest BCUT2D eigenvalue weighted by molar-refractivity contribution is 5.78. The molecule has 22 heavy (non-hydrogen) atoms. The Labute approximate surface area is 131 Å². The van der Waals surface area contributed by atoms with Gasteiger partial charge in [-0.1, -0.05) is 30.3 Å². The molecule has 1 heterocycles. The minimum Gasteiger partial charge on any atom is -0.369 e. The van der Waals surface area contributed by atoms with Crippen LogP contribution in [0, 0.1) is 5.92 Å². The third-order valence-corrected chi connectivity index (χ3v) is 4.20. The van der Waals surface area contributed by atoms with Crippen molar-refractivity contribution in [1.82, 2.24) is 10.2 Å². The van der Waals surface area contributed by atoms with Crippen molar-refractivity contribution in [2.24, 2.45) is 11.7 Å². The molecule has 1 aromatic carbocycles. The number of nitrogens with one attached hydrogen (secondary N) is 1. The molecule has 0 unspecified atom stereocenters. The van der Waals surface area contributed by atoms with Crippen LogP contribution in [0.4, 0.5) is 4.79 Å². The molecule has 0 atom stereocenters. The zero-order valence-electron chi connectivity index (χ0n) is 13.0. The summed E-state index contributed by atoms with van der Waals surface area (Å²) in [5, 5.41) is 2.95. The number of amides is 3. The van der Waals surface area contributed by atoms with Crippen LogP contribution in [0.2, 0.25) is 0 Å². The van der Waals surface area contributed by atoms with Gasteiger partial charge in [0.25, 0.3) is 0 Å². The van der Waals surface area contributed by atoms with Crippen LogP contribution in [-0.2, 0) is 11.2 Å². The molecule has 1 aliphatic rings. The third-order valence-electron chi connectivity index (χ3n) is 4.20. The monoisotopic (exact) mass is 303 g/mol. The van der Waals surface area contributed by atoms with E-state index < -0.39 is 0 Å². The Hall–Kier alpha value is -2.04. The molecular formula is C17H25N3O2. The highest BCUT2D eigenvalue weighted by Crippen LogP contribution is 2.16. The van der Waals surface area contributed by atoms with E-state index in [1.54, 1.807) is 4.90 Å². The molecule has 2 rings (SSSR count). The lowest BCUT2D eigenvalue weighted by Crippen LogP contribution is -2.46. The number of hydrogen-bond donors (Lipinski definition) is 2. The van der Waals surface area contributed by atoms with E-state index in [0.717, 1.165) is 19.3 Å². The van der Waals surface area contributed by atoms with Gasteiger partial charge >= 0.3 is 6.03 Å². The predicted octanol–water partition coefficient (Wildman–Crippen LogP) is 1.92. The fourth-order valence-electron chi connectivity index (χ4n) is 2.77. The van der Waals surface area contributed by atoms with Crippen LogP contribution >= 0.6 is 0 Å². The van der Waals surface area contributed by atoms with E-state index in [1.807, 2.05) is 18.2 Å². The second-order valence-electron chi connectivity index (χ2n) is 5.84. The standard InChI is InChI=1S/C17H25N3O2/c18-16(21)15-9-12-20(13-10-15)17(22)19-11-5-4-8-14-6-2-1-3-7-14/h1-3,6-7,15H,4-5,8-13H2,(H2,18,21)(H,19,22). The van der Waals surface area contributed by atoms with Gasteiger partial charge in [0.2, 0.25) is 5.91 Å². The summed E-state index contributed by atoms with van der Waals surface area (Å²) in [6, 6.07) is 10.3. The minimum atomic E-state index is -0.249. The Kier molecular flexibility index (Phi) is 6.25. The first-order valence-electron chi connectivity index (χ1n) is 8.03. The summed E-state index contributed by atoms with van der Waals surface area (Å²) in [7, 11) is 0. The SMILES string of the molecule is NC(=O)C1CCN(C(=O)NCCCCc2ccccc2)CC1. The average molecular weight is 303 g/mol. The lowest BCUT2D eigenvalue weighted by Gasteiger charge is -2.30. The number of aryl methyl sites for hydroxylation is 1. The topological polar surface area (TPSA) is 75.4 Å². The van der Waals surface area contributed by atoms with E-state index in [4.69, 9.17) is 5.73 Å². The van der Waals surface area contributed by atoms with Crippen molar-refractivity contribution in [2.75, 3.05) is 19.6 Å². The smallest absolute Gasteiger partial charge is 0.317 e. The van der Waals surface area contributed by atoms with Crippen molar-refractivity contribution < 1.29 is 9.59 Å². The zero-order valence-corrected chi connectivity index (χ0v) is 13.0. The summed E-state index contributed by atoms with van der Waals surface area (Å²) in [5.74, 6) is -0.323. The Morgan fingerprint density at radius 3 is 2.45 bits per heavy atom. The summed E-state index contributed by atoms with van der Waals surface area (Å²) in [5.41, 5.74) is 6.63. The Morgan fingerprint density at radius 2 is 1.82 bits per heavy atom. The number of urea groups is 1. The fourth-order valence-corrected chi connectivity index (χ4v) is 2.77. The molecular weight excluding hydrogens is 278 g/mol. The molecule has 0 aliphatic carbocycles. The predicted molar refractivity (Wildman–Crippen MR) is 86.3 cm³/mol. The third kappa shape index (κ3) is 5.06. The fraction of sp³-hybridized carbons (Fsp3) is 0.529. The van der Waals surface area contributed by atoms with Crippen molar-refractivity contribution in [1.29, 1.82) is 0 Å². The number of unbranched alkanes of at least 4 members (excludes halogenated alkanes) is 1. The van der Waals surface area contributed by atoms with Gasteiger partial charge in [-0.3, -0.25) is 4.79 Å². The maximum Gasteiger partial charge on any atom is 0.317 e. The largest absolute Gasteiger partial charge is 0.369 e. The molecule has 0 saturated carbocycles. The summed E-state index contributed by atoms with van der Waals surface area (Å²) >= 11 is 0. The summed E-state index contributed by atoms with van der Waals surface area (Å²) in [4.78, 5) is 24.9. The molecule has 1 fully saturated rings. The molecule has 0 spiro atoms. The second-order valence-corrected chi connectivity index (χ2v) is 5.84. The Morgan fingerprint density at radius 1 is 1.14 bits per heavy atom. The van der Waals surface area contributed by atoms with E-state index in [1.165, 1.54) is 5.56 Å². The van der Waals surface area contributed by atoms with Gasteiger partial charge in [-0.05, 0) is 37.7 Å². The van der Waals surface area contributed by atoms with Crippen LogP contribution in [-0.4, -0.2) is 36.5 Å². The van der Waals surface area contributed by atoms with Gasteiger partial charge in [-0.25, -0.2) is 4.79 Å². The van der Waals surface area contributed by atoms with Crippen molar-refractivity contribution in [3.05, 3.63) is 35.9 Å². The number of primary amides is 1. The van der Waals surface area contributed by atoms with E-state index >= 15 is 0 Å². The number of carbonyl (C=O) groups is 2. The maximum atomic E-state index is 12.0. The quantitative estimate of drug-likeness (QED) is 0.788. The average Bonchev–Trinajstić information content (AvgIpc) is 2.55. The normalized spacial score (nSPS) is 15.5. The molecule has 1 saturated heterocycles. The van der Waals surface area contributed by atoms with Gasteiger partial charge in [0, 0.05) is 25.6 Å². The number of rotatable bonds is 6. The molecule has 1 aromatic rings. The lowest BCUT2D eigenvalue weighted by molar-refractivity contribution is -0.123. The number of hydrogen-bond acceptors (Lipinski definition) is 2. The van der Waals surface area contributed by atoms with E-state index in [9.17, 15) is 9.59 Å². The minimum absolute atomic E-state index is 0.0253. The summed E-state index contributed by atoms with van der Waals surface area (Å²) in [6.07, 6.45) is 4.43. The molecule has 5 heteroatoms. The first kappa shape index (κ1) is 16.3.